The highest BCUT2D eigenvalue weighted by Gasteiger charge is 2.13. The van der Waals surface area contributed by atoms with Crippen molar-refractivity contribution in [3.05, 3.63) is 60.8 Å². The third-order valence-electron chi connectivity index (χ3n) is 3.69. The lowest BCUT2D eigenvalue weighted by Gasteiger charge is -2.19. The van der Waals surface area contributed by atoms with Crippen molar-refractivity contribution in [2.75, 3.05) is 18.6 Å². The number of pyridine rings is 1. The van der Waals surface area contributed by atoms with Crippen LogP contribution in [0.3, 0.4) is 0 Å². The standard InChI is InChI=1S/C17H18N6O2S/c1-22(10-13-5-7-14(8-6-13)26(2)25)17(24)21-15-4-3-9-19-16(15)23-12-18-11-20-23/h3-9,11-12H,10H2,1-2H3,(H,21,24). The first-order valence-electron chi connectivity index (χ1n) is 7.79. The number of nitrogens with one attached hydrogen (secondary N) is 1. The maximum Gasteiger partial charge on any atom is 0.321 e. The van der Waals surface area contributed by atoms with E-state index in [1.807, 2.05) is 12.1 Å². The zero-order valence-electron chi connectivity index (χ0n) is 14.4. The van der Waals surface area contributed by atoms with Crippen LogP contribution in [0.1, 0.15) is 5.56 Å². The summed E-state index contributed by atoms with van der Waals surface area (Å²) in [5.74, 6) is 0.488. The lowest BCUT2D eigenvalue weighted by molar-refractivity contribution is 0.220. The normalized spacial score (nSPS) is 11.8. The molecule has 3 rings (SSSR count). The minimum atomic E-state index is -1.02. The van der Waals surface area contributed by atoms with Crippen molar-refractivity contribution in [3.63, 3.8) is 0 Å². The summed E-state index contributed by atoms with van der Waals surface area (Å²) in [6, 6.07) is 10.6. The second kappa shape index (κ2) is 7.87. The van der Waals surface area contributed by atoms with E-state index in [1.165, 1.54) is 17.3 Å². The van der Waals surface area contributed by atoms with Gasteiger partial charge in [0.05, 0.1) is 5.69 Å². The van der Waals surface area contributed by atoms with Crippen molar-refractivity contribution in [3.8, 4) is 5.82 Å². The number of hydrogen-bond acceptors (Lipinski definition) is 5. The summed E-state index contributed by atoms with van der Waals surface area (Å²) in [5.41, 5.74) is 1.48. The number of amides is 2. The highest BCUT2D eigenvalue weighted by Crippen LogP contribution is 2.17. The molecule has 3 aromatic rings. The Hall–Kier alpha value is -3.07. The Bertz CT molecular complexity index is 911. The molecular weight excluding hydrogens is 352 g/mol. The zero-order valence-corrected chi connectivity index (χ0v) is 15.2. The van der Waals surface area contributed by atoms with Crippen LogP contribution in [-0.4, -0.2) is 48.2 Å². The molecule has 1 aromatic carbocycles. The first-order chi connectivity index (χ1) is 12.5. The van der Waals surface area contributed by atoms with Gasteiger partial charge in [-0.2, -0.15) is 5.10 Å². The van der Waals surface area contributed by atoms with Crippen LogP contribution in [0.4, 0.5) is 10.5 Å². The minimum Gasteiger partial charge on any atom is -0.323 e. The van der Waals surface area contributed by atoms with Gasteiger partial charge in [-0.25, -0.2) is 19.4 Å². The smallest absolute Gasteiger partial charge is 0.321 e. The molecule has 0 spiro atoms. The van der Waals surface area contributed by atoms with Crippen molar-refractivity contribution in [1.82, 2.24) is 24.6 Å². The Morgan fingerprint density at radius 1 is 1.27 bits per heavy atom. The van der Waals surface area contributed by atoms with E-state index in [0.717, 1.165) is 10.5 Å². The molecule has 2 heterocycles. The maximum absolute atomic E-state index is 12.5. The molecule has 1 N–H and O–H groups in total. The van der Waals surface area contributed by atoms with Crippen LogP contribution >= 0.6 is 0 Å². The Morgan fingerprint density at radius 3 is 2.69 bits per heavy atom. The lowest BCUT2D eigenvalue weighted by atomic mass is 10.2. The van der Waals surface area contributed by atoms with E-state index in [4.69, 9.17) is 0 Å². The van der Waals surface area contributed by atoms with Gasteiger partial charge in [-0.1, -0.05) is 12.1 Å². The predicted molar refractivity (Wildman–Crippen MR) is 98.4 cm³/mol. The second-order valence-electron chi connectivity index (χ2n) is 5.60. The van der Waals surface area contributed by atoms with Gasteiger partial charge in [-0.3, -0.25) is 4.21 Å². The fourth-order valence-corrected chi connectivity index (χ4v) is 2.86. The van der Waals surface area contributed by atoms with Gasteiger partial charge in [-0.05, 0) is 29.8 Å². The predicted octanol–water partition coefficient (Wildman–Crippen LogP) is 2.06. The summed E-state index contributed by atoms with van der Waals surface area (Å²) in [5, 5.41) is 6.88. The molecule has 26 heavy (non-hydrogen) atoms. The third kappa shape index (κ3) is 4.12. The van der Waals surface area contributed by atoms with Crippen LogP contribution in [0, 0.1) is 0 Å². The second-order valence-corrected chi connectivity index (χ2v) is 6.98. The van der Waals surface area contributed by atoms with Crippen molar-refractivity contribution < 1.29 is 9.00 Å². The van der Waals surface area contributed by atoms with Crippen molar-refractivity contribution in [2.24, 2.45) is 0 Å². The monoisotopic (exact) mass is 370 g/mol. The zero-order chi connectivity index (χ0) is 18.5. The Balaban J connectivity index is 1.69. The van der Waals surface area contributed by atoms with Gasteiger partial charge < -0.3 is 10.2 Å². The van der Waals surface area contributed by atoms with Crippen molar-refractivity contribution in [1.29, 1.82) is 0 Å². The Labute approximate surface area is 153 Å². The van der Waals surface area contributed by atoms with E-state index in [-0.39, 0.29) is 6.03 Å². The van der Waals surface area contributed by atoms with Crippen molar-refractivity contribution in [2.45, 2.75) is 11.4 Å². The fourth-order valence-electron chi connectivity index (χ4n) is 2.34. The lowest BCUT2D eigenvalue weighted by Crippen LogP contribution is -2.31. The highest BCUT2D eigenvalue weighted by molar-refractivity contribution is 7.84. The number of hydrogen-bond donors (Lipinski definition) is 1. The fraction of sp³-hybridized carbons (Fsp3) is 0.176. The van der Waals surface area contributed by atoms with Gasteiger partial charge in [0.15, 0.2) is 5.82 Å². The SMILES string of the molecule is CN(Cc1ccc(S(C)=O)cc1)C(=O)Nc1cccnc1-n1cncn1. The van der Waals surface area contributed by atoms with E-state index < -0.39 is 10.8 Å². The van der Waals surface area contributed by atoms with Gasteiger partial charge in [0.1, 0.15) is 12.7 Å². The summed E-state index contributed by atoms with van der Waals surface area (Å²) < 4.78 is 12.9. The van der Waals surface area contributed by atoms with E-state index in [1.54, 1.807) is 48.7 Å². The number of carbonyl (C=O) groups excluding carboxylic acids is 1. The van der Waals surface area contributed by atoms with E-state index in [0.29, 0.717) is 18.1 Å². The average molecular weight is 370 g/mol. The van der Waals surface area contributed by atoms with Gasteiger partial charge in [0.25, 0.3) is 0 Å². The summed E-state index contributed by atoms with van der Waals surface area (Å²) >= 11 is 0. The van der Waals surface area contributed by atoms with Crippen molar-refractivity contribution >= 4 is 22.5 Å². The Kier molecular flexibility index (Phi) is 5.37. The molecule has 134 valence electrons. The topological polar surface area (TPSA) is 93.0 Å². The third-order valence-corrected chi connectivity index (χ3v) is 4.62. The quantitative estimate of drug-likeness (QED) is 0.742. The molecule has 0 radical (unpaired) electrons. The molecule has 1 unspecified atom stereocenters. The number of urea groups is 1. The summed E-state index contributed by atoms with van der Waals surface area (Å²) in [6.07, 6.45) is 6.17. The number of anilines is 1. The van der Waals surface area contributed by atoms with Gasteiger partial charge in [-0.15, -0.1) is 0 Å². The summed E-state index contributed by atoms with van der Waals surface area (Å²) in [7, 11) is 0.685. The number of nitrogens with zero attached hydrogens (tertiary/aromatic N) is 5. The van der Waals surface area contributed by atoms with Crippen LogP contribution in [0.25, 0.3) is 5.82 Å². The molecule has 0 aliphatic rings. The maximum atomic E-state index is 12.5. The molecule has 0 aliphatic carbocycles. The first kappa shape index (κ1) is 17.7. The molecule has 2 amide bonds. The molecule has 0 fully saturated rings. The number of rotatable bonds is 5. The molecule has 8 nitrogen and oxygen atoms in total. The van der Waals surface area contributed by atoms with Gasteiger partial charge >= 0.3 is 6.03 Å². The number of benzene rings is 1. The van der Waals surface area contributed by atoms with Crippen LogP contribution in [0.2, 0.25) is 0 Å². The minimum absolute atomic E-state index is 0.275. The van der Waals surface area contributed by atoms with Crippen LogP contribution in [0.15, 0.2) is 60.1 Å². The molecule has 2 aromatic heterocycles. The molecule has 9 heteroatoms. The number of aromatic nitrogens is 4. The largest absolute Gasteiger partial charge is 0.323 e. The molecular formula is C17H18N6O2S. The first-order valence-corrected chi connectivity index (χ1v) is 9.35. The summed E-state index contributed by atoms with van der Waals surface area (Å²) in [6.45, 7) is 0.418. The molecule has 0 aliphatic heterocycles. The van der Waals surface area contributed by atoms with Crippen LogP contribution in [-0.2, 0) is 17.3 Å². The average Bonchev–Trinajstić information content (AvgIpc) is 3.17. The van der Waals surface area contributed by atoms with E-state index in [9.17, 15) is 9.00 Å². The summed E-state index contributed by atoms with van der Waals surface area (Å²) in [4.78, 5) is 23.0. The number of carbonyl (C=O) groups is 1. The highest BCUT2D eigenvalue weighted by atomic mass is 32.2. The van der Waals surface area contributed by atoms with E-state index in [2.05, 4.69) is 20.4 Å². The molecule has 0 saturated heterocycles. The van der Waals surface area contributed by atoms with E-state index >= 15 is 0 Å². The van der Waals surface area contributed by atoms with Gasteiger partial charge in [0.2, 0.25) is 0 Å². The van der Waals surface area contributed by atoms with Gasteiger partial charge in [0, 0.05) is 41.7 Å². The van der Waals surface area contributed by atoms with Crippen LogP contribution < -0.4 is 5.32 Å². The molecule has 0 bridgehead atoms. The Morgan fingerprint density at radius 2 is 2.04 bits per heavy atom. The molecule has 0 saturated carbocycles. The van der Waals surface area contributed by atoms with Crippen LogP contribution in [0.5, 0.6) is 0 Å². The molecule has 1 atom stereocenters.